The Morgan fingerprint density at radius 1 is 0.882 bits per heavy atom. The van der Waals surface area contributed by atoms with Gasteiger partial charge in [-0.05, 0) is 48.9 Å². The zero-order chi connectivity index (χ0) is 24.8. The van der Waals surface area contributed by atoms with E-state index in [0.29, 0.717) is 30.0 Å². The fraction of sp³-hybridized carbons (Fsp3) is 0.200. The first-order chi connectivity index (χ1) is 15.9. The van der Waals surface area contributed by atoms with Crippen LogP contribution in [-0.4, -0.2) is 31.9 Å². The summed E-state index contributed by atoms with van der Waals surface area (Å²) in [5.41, 5.74) is -1.98. The smallest absolute Gasteiger partial charge is 0.417 e. The standard InChI is InChI=1S/C20H12ClF6N5O2/c1-9-5-15-29-30-18(21)32(15)31-16(9)34-14-7-10(19(22,23)24)3-4-12(14)13-6-11(20(25,26)27)8-28-17(13)33-2/h3-8H,1-2H3. The van der Waals surface area contributed by atoms with Gasteiger partial charge in [0.25, 0.3) is 0 Å². The molecule has 0 N–H and O–H groups in total. The van der Waals surface area contributed by atoms with E-state index >= 15 is 0 Å². The molecule has 0 amide bonds. The van der Waals surface area contributed by atoms with Crippen molar-refractivity contribution in [3.05, 3.63) is 58.5 Å². The van der Waals surface area contributed by atoms with Crippen LogP contribution >= 0.6 is 11.6 Å². The van der Waals surface area contributed by atoms with Crippen LogP contribution in [0.2, 0.25) is 5.28 Å². The minimum absolute atomic E-state index is 0.132. The van der Waals surface area contributed by atoms with E-state index < -0.39 is 29.2 Å². The third-order valence-electron chi connectivity index (χ3n) is 4.68. The molecule has 0 aliphatic heterocycles. The van der Waals surface area contributed by atoms with E-state index in [-0.39, 0.29) is 33.8 Å². The number of nitrogens with zero attached hydrogens (tertiary/aromatic N) is 5. The molecule has 0 spiro atoms. The molecule has 3 aromatic heterocycles. The number of hydrogen-bond acceptors (Lipinski definition) is 6. The molecule has 0 unspecified atom stereocenters. The summed E-state index contributed by atoms with van der Waals surface area (Å²) < 4.78 is 91.9. The zero-order valence-electron chi connectivity index (χ0n) is 17.2. The quantitative estimate of drug-likeness (QED) is 0.319. The number of benzene rings is 1. The largest absolute Gasteiger partial charge is 0.481 e. The first-order valence-corrected chi connectivity index (χ1v) is 9.65. The molecule has 14 heteroatoms. The topological polar surface area (TPSA) is 74.4 Å². The molecule has 34 heavy (non-hydrogen) atoms. The first-order valence-electron chi connectivity index (χ1n) is 9.27. The number of rotatable bonds is 4. The van der Waals surface area contributed by atoms with Crippen molar-refractivity contribution in [2.45, 2.75) is 19.3 Å². The summed E-state index contributed by atoms with van der Waals surface area (Å²) in [5, 5.41) is 11.4. The molecule has 178 valence electrons. The molecule has 4 rings (SSSR count). The number of hydrogen-bond donors (Lipinski definition) is 0. The summed E-state index contributed by atoms with van der Waals surface area (Å²) >= 11 is 5.90. The third kappa shape index (κ3) is 4.42. The number of aromatic nitrogens is 5. The van der Waals surface area contributed by atoms with Gasteiger partial charge in [0.1, 0.15) is 5.75 Å². The van der Waals surface area contributed by atoms with Crippen LogP contribution in [0.3, 0.4) is 0 Å². The van der Waals surface area contributed by atoms with E-state index in [1.807, 2.05) is 0 Å². The predicted molar refractivity (Wildman–Crippen MR) is 107 cm³/mol. The van der Waals surface area contributed by atoms with Crippen LogP contribution in [0, 0.1) is 6.92 Å². The summed E-state index contributed by atoms with van der Waals surface area (Å²) in [5.74, 6) is -0.860. The van der Waals surface area contributed by atoms with E-state index in [0.717, 1.165) is 17.7 Å². The Kier molecular flexibility index (Phi) is 5.75. The van der Waals surface area contributed by atoms with E-state index in [2.05, 4.69) is 20.3 Å². The van der Waals surface area contributed by atoms with Crippen molar-refractivity contribution in [2.24, 2.45) is 0 Å². The number of alkyl halides is 6. The highest BCUT2D eigenvalue weighted by atomic mass is 35.5. The van der Waals surface area contributed by atoms with E-state index in [9.17, 15) is 26.3 Å². The Bertz CT molecular complexity index is 1390. The molecule has 1 aromatic carbocycles. The average Bonchev–Trinajstić information content (AvgIpc) is 3.11. The second kappa shape index (κ2) is 8.31. The normalized spacial score (nSPS) is 12.3. The molecule has 0 saturated heterocycles. The van der Waals surface area contributed by atoms with Gasteiger partial charge in [0.15, 0.2) is 5.65 Å². The Morgan fingerprint density at radius 3 is 2.24 bits per heavy atom. The molecule has 0 aliphatic carbocycles. The molecule has 0 radical (unpaired) electrons. The third-order valence-corrected chi connectivity index (χ3v) is 4.91. The number of ether oxygens (including phenoxy) is 2. The van der Waals surface area contributed by atoms with E-state index in [4.69, 9.17) is 21.1 Å². The monoisotopic (exact) mass is 503 g/mol. The van der Waals surface area contributed by atoms with Crippen molar-refractivity contribution < 1.29 is 35.8 Å². The minimum atomic E-state index is -4.75. The van der Waals surface area contributed by atoms with Crippen LogP contribution < -0.4 is 9.47 Å². The Hall–Kier alpha value is -3.61. The number of pyridine rings is 1. The van der Waals surface area contributed by atoms with Gasteiger partial charge in [-0.25, -0.2) is 4.98 Å². The molecular weight excluding hydrogens is 492 g/mol. The van der Waals surface area contributed by atoms with Gasteiger partial charge < -0.3 is 9.47 Å². The minimum Gasteiger partial charge on any atom is -0.481 e. The molecule has 4 aromatic rings. The number of aryl methyl sites for hydroxylation is 1. The molecule has 0 bridgehead atoms. The SMILES string of the molecule is COc1ncc(C(F)(F)F)cc1-c1ccc(C(F)(F)F)cc1Oc1nn2c(Cl)nnc2cc1C. The van der Waals surface area contributed by atoms with Crippen molar-refractivity contribution in [3.63, 3.8) is 0 Å². The second-order valence-corrected chi connectivity index (χ2v) is 7.30. The average molecular weight is 504 g/mol. The molecule has 0 saturated carbocycles. The Morgan fingerprint density at radius 2 is 1.59 bits per heavy atom. The summed E-state index contributed by atoms with van der Waals surface area (Å²) in [4.78, 5) is 3.65. The van der Waals surface area contributed by atoms with Gasteiger partial charge in [-0.3, -0.25) is 0 Å². The number of halogens is 7. The summed E-state index contributed by atoms with van der Waals surface area (Å²) in [6.45, 7) is 1.55. The highest BCUT2D eigenvalue weighted by Crippen LogP contribution is 2.43. The van der Waals surface area contributed by atoms with Gasteiger partial charge in [0.2, 0.25) is 17.0 Å². The van der Waals surface area contributed by atoms with Crippen LogP contribution in [0.5, 0.6) is 17.5 Å². The van der Waals surface area contributed by atoms with Gasteiger partial charge in [0, 0.05) is 22.9 Å². The molecular formula is C20H12ClF6N5O2. The van der Waals surface area contributed by atoms with Crippen molar-refractivity contribution in [2.75, 3.05) is 7.11 Å². The van der Waals surface area contributed by atoms with Crippen LogP contribution in [0.4, 0.5) is 26.3 Å². The van der Waals surface area contributed by atoms with Crippen LogP contribution in [0.25, 0.3) is 16.8 Å². The lowest BCUT2D eigenvalue weighted by Crippen LogP contribution is -2.08. The predicted octanol–water partition coefficient (Wildman–Crippen LogP) is 5.99. The second-order valence-electron chi connectivity index (χ2n) is 6.96. The van der Waals surface area contributed by atoms with Gasteiger partial charge in [0.05, 0.1) is 18.2 Å². The van der Waals surface area contributed by atoms with Crippen LogP contribution in [0.1, 0.15) is 16.7 Å². The van der Waals surface area contributed by atoms with Crippen molar-refractivity contribution >= 4 is 17.2 Å². The lowest BCUT2D eigenvalue weighted by molar-refractivity contribution is -0.138. The highest BCUT2D eigenvalue weighted by Gasteiger charge is 2.34. The summed E-state index contributed by atoms with van der Waals surface area (Å²) in [6.07, 6.45) is -8.95. The zero-order valence-corrected chi connectivity index (χ0v) is 17.9. The molecule has 0 fully saturated rings. The Labute approximate surface area is 191 Å². The maximum atomic E-state index is 13.4. The fourth-order valence-electron chi connectivity index (χ4n) is 3.05. The molecule has 3 heterocycles. The van der Waals surface area contributed by atoms with Gasteiger partial charge >= 0.3 is 12.4 Å². The molecule has 7 nitrogen and oxygen atoms in total. The van der Waals surface area contributed by atoms with Crippen LogP contribution in [0.15, 0.2) is 36.5 Å². The van der Waals surface area contributed by atoms with Crippen molar-refractivity contribution in [1.82, 2.24) is 24.8 Å². The van der Waals surface area contributed by atoms with Gasteiger partial charge in [-0.15, -0.1) is 15.3 Å². The summed E-state index contributed by atoms with van der Waals surface area (Å²) in [6, 6.07) is 4.51. The molecule has 0 atom stereocenters. The highest BCUT2D eigenvalue weighted by molar-refractivity contribution is 6.28. The van der Waals surface area contributed by atoms with Crippen molar-refractivity contribution in [3.8, 4) is 28.6 Å². The summed E-state index contributed by atoms with van der Waals surface area (Å²) in [7, 11) is 1.16. The maximum absolute atomic E-state index is 13.4. The fourth-order valence-corrected chi connectivity index (χ4v) is 3.22. The van der Waals surface area contributed by atoms with Crippen molar-refractivity contribution in [1.29, 1.82) is 0 Å². The first kappa shape index (κ1) is 23.5. The van der Waals surface area contributed by atoms with Gasteiger partial charge in [-0.1, -0.05) is 0 Å². The lowest BCUT2D eigenvalue weighted by Gasteiger charge is -2.17. The Balaban J connectivity index is 1.93. The number of methoxy groups -OCH3 is 1. The number of fused-ring (bicyclic) bond motifs is 1. The van der Waals surface area contributed by atoms with Gasteiger partial charge in [-0.2, -0.15) is 30.9 Å². The maximum Gasteiger partial charge on any atom is 0.417 e. The molecule has 0 aliphatic rings. The van der Waals surface area contributed by atoms with Crippen LogP contribution in [-0.2, 0) is 12.4 Å². The van der Waals surface area contributed by atoms with E-state index in [1.54, 1.807) is 6.92 Å². The van der Waals surface area contributed by atoms with E-state index in [1.165, 1.54) is 6.07 Å². The lowest BCUT2D eigenvalue weighted by atomic mass is 10.0.